The second-order valence-corrected chi connectivity index (χ2v) is 3.67. The van der Waals surface area contributed by atoms with E-state index in [2.05, 4.69) is 4.98 Å². The van der Waals surface area contributed by atoms with E-state index < -0.39 is 5.82 Å². The van der Waals surface area contributed by atoms with Crippen LogP contribution in [0.1, 0.15) is 11.3 Å². The Morgan fingerprint density at radius 3 is 2.83 bits per heavy atom. The van der Waals surface area contributed by atoms with E-state index in [-0.39, 0.29) is 17.2 Å². The standard InChI is InChI=1S/C13H10FN3O/c1-8-5-6-11(16)13(17-8)18-12-4-2-3-10(14)9(12)7-15/h2-6H,16H2,1H3. The summed E-state index contributed by atoms with van der Waals surface area (Å²) in [4.78, 5) is 4.09. The fourth-order valence-corrected chi connectivity index (χ4v) is 1.43. The van der Waals surface area contributed by atoms with E-state index in [4.69, 9.17) is 15.7 Å². The maximum atomic E-state index is 13.4. The SMILES string of the molecule is Cc1ccc(N)c(Oc2cccc(F)c2C#N)n1. The molecule has 18 heavy (non-hydrogen) atoms. The topological polar surface area (TPSA) is 71.9 Å². The Balaban J connectivity index is 2.44. The zero-order chi connectivity index (χ0) is 13.1. The van der Waals surface area contributed by atoms with E-state index in [1.54, 1.807) is 25.1 Å². The van der Waals surface area contributed by atoms with Gasteiger partial charge in [-0.2, -0.15) is 5.26 Å². The largest absolute Gasteiger partial charge is 0.436 e. The average Bonchev–Trinajstić information content (AvgIpc) is 2.34. The lowest BCUT2D eigenvalue weighted by Crippen LogP contribution is -1.98. The number of nitriles is 1. The number of nitrogens with two attached hydrogens (primary N) is 1. The molecule has 0 aliphatic heterocycles. The molecule has 0 spiro atoms. The highest BCUT2D eigenvalue weighted by atomic mass is 19.1. The summed E-state index contributed by atoms with van der Waals surface area (Å²) in [6.45, 7) is 1.78. The summed E-state index contributed by atoms with van der Waals surface area (Å²) in [6.07, 6.45) is 0. The van der Waals surface area contributed by atoms with Gasteiger partial charge in [0.05, 0.1) is 5.69 Å². The minimum absolute atomic E-state index is 0.0994. The van der Waals surface area contributed by atoms with Crippen molar-refractivity contribution in [3.63, 3.8) is 0 Å². The fraction of sp³-hybridized carbons (Fsp3) is 0.0769. The van der Waals surface area contributed by atoms with Crippen LogP contribution in [0, 0.1) is 24.1 Å². The summed E-state index contributed by atoms with van der Waals surface area (Å²) in [5.74, 6) is -0.374. The first-order chi connectivity index (χ1) is 8.61. The summed E-state index contributed by atoms with van der Waals surface area (Å²) in [5.41, 5.74) is 6.58. The minimum atomic E-state index is -0.638. The first kappa shape index (κ1) is 11.9. The predicted octanol–water partition coefficient (Wildman–Crippen LogP) is 2.78. The van der Waals surface area contributed by atoms with Crippen LogP contribution in [0.3, 0.4) is 0 Å². The van der Waals surface area contributed by atoms with E-state index in [0.29, 0.717) is 11.4 Å². The molecule has 2 rings (SSSR count). The Kier molecular flexibility index (Phi) is 3.11. The van der Waals surface area contributed by atoms with Crippen LogP contribution < -0.4 is 10.5 Å². The van der Waals surface area contributed by atoms with Gasteiger partial charge in [-0.15, -0.1) is 0 Å². The smallest absolute Gasteiger partial charge is 0.242 e. The van der Waals surface area contributed by atoms with Crippen LogP contribution in [0.2, 0.25) is 0 Å². The zero-order valence-corrected chi connectivity index (χ0v) is 9.64. The van der Waals surface area contributed by atoms with Crippen LogP contribution in [0.4, 0.5) is 10.1 Å². The van der Waals surface area contributed by atoms with Gasteiger partial charge in [0, 0.05) is 5.69 Å². The summed E-state index contributed by atoms with van der Waals surface area (Å²) in [5, 5.41) is 8.88. The highest BCUT2D eigenvalue weighted by molar-refractivity contribution is 5.52. The number of aryl methyl sites for hydroxylation is 1. The average molecular weight is 243 g/mol. The third-order valence-electron chi connectivity index (χ3n) is 2.32. The Morgan fingerprint density at radius 2 is 2.11 bits per heavy atom. The van der Waals surface area contributed by atoms with Crippen molar-refractivity contribution in [2.45, 2.75) is 6.92 Å². The third-order valence-corrected chi connectivity index (χ3v) is 2.32. The monoisotopic (exact) mass is 243 g/mol. The molecule has 90 valence electrons. The Labute approximate surface area is 103 Å². The number of nitrogens with zero attached hydrogens (tertiary/aromatic N) is 2. The lowest BCUT2D eigenvalue weighted by atomic mass is 10.2. The highest BCUT2D eigenvalue weighted by Crippen LogP contribution is 2.28. The van der Waals surface area contributed by atoms with Crippen molar-refractivity contribution in [1.29, 1.82) is 5.26 Å². The molecular weight excluding hydrogens is 233 g/mol. The highest BCUT2D eigenvalue weighted by Gasteiger charge is 2.12. The lowest BCUT2D eigenvalue weighted by molar-refractivity contribution is 0.457. The predicted molar refractivity (Wildman–Crippen MR) is 64.6 cm³/mol. The number of benzene rings is 1. The van der Waals surface area contributed by atoms with Crippen molar-refractivity contribution in [3.8, 4) is 17.7 Å². The molecule has 2 aromatic rings. The Morgan fingerprint density at radius 1 is 1.33 bits per heavy atom. The molecule has 0 aliphatic carbocycles. The number of aromatic nitrogens is 1. The molecule has 0 unspecified atom stereocenters. The van der Waals surface area contributed by atoms with Gasteiger partial charge in [-0.1, -0.05) is 6.07 Å². The molecule has 1 heterocycles. The minimum Gasteiger partial charge on any atom is -0.436 e. The third kappa shape index (κ3) is 2.23. The molecule has 0 amide bonds. The molecule has 0 saturated heterocycles. The number of anilines is 1. The summed E-state index contributed by atoms with van der Waals surface area (Å²) in [6, 6.07) is 9.27. The molecule has 0 saturated carbocycles. The second kappa shape index (κ2) is 4.72. The van der Waals surface area contributed by atoms with Crippen molar-refractivity contribution in [2.24, 2.45) is 0 Å². The first-order valence-electron chi connectivity index (χ1n) is 5.21. The van der Waals surface area contributed by atoms with Gasteiger partial charge in [0.1, 0.15) is 23.2 Å². The van der Waals surface area contributed by atoms with Crippen LogP contribution in [-0.4, -0.2) is 4.98 Å². The second-order valence-electron chi connectivity index (χ2n) is 3.67. The van der Waals surface area contributed by atoms with Gasteiger partial charge in [-0.25, -0.2) is 9.37 Å². The summed E-state index contributed by atoms with van der Waals surface area (Å²) >= 11 is 0. The number of nitrogen functional groups attached to an aromatic ring is 1. The molecular formula is C13H10FN3O. The van der Waals surface area contributed by atoms with Gasteiger partial charge < -0.3 is 10.5 Å². The normalized spacial score (nSPS) is 9.83. The lowest BCUT2D eigenvalue weighted by Gasteiger charge is -2.09. The number of hydrogen-bond acceptors (Lipinski definition) is 4. The van der Waals surface area contributed by atoms with E-state index in [1.165, 1.54) is 18.2 Å². The molecule has 0 fully saturated rings. The van der Waals surface area contributed by atoms with E-state index >= 15 is 0 Å². The van der Waals surface area contributed by atoms with Crippen molar-refractivity contribution < 1.29 is 9.13 Å². The van der Waals surface area contributed by atoms with Crippen molar-refractivity contribution in [2.75, 3.05) is 5.73 Å². The quantitative estimate of drug-likeness (QED) is 0.880. The summed E-state index contributed by atoms with van der Waals surface area (Å²) < 4.78 is 18.8. The number of halogens is 1. The molecule has 5 heteroatoms. The maximum absolute atomic E-state index is 13.4. The number of ether oxygens (including phenoxy) is 1. The maximum Gasteiger partial charge on any atom is 0.242 e. The van der Waals surface area contributed by atoms with E-state index in [9.17, 15) is 4.39 Å². The first-order valence-corrected chi connectivity index (χ1v) is 5.21. The number of rotatable bonds is 2. The van der Waals surface area contributed by atoms with Crippen LogP contribution in [0.5, 0.6) is 11.6 Å². The molecule has 0 bridgehead atoms. The van der Waals surface area contributed by atoms with Crippen LogP contribution in [0.25, 0.3) is 0 Å². The van der Waals surface area contributed by atoms with Gasteiger partial charge in [0.15, 0.2) is 0 Å². The zero-order valence-electron chi connectivity index (χ0n) is 9.64. The fourth-order valence-electron chi connectivity index (χ4n) is 1.43. The van der Waals surface area contributed by atoms with E-state index in [0.717, 1.165) is 0 Å². The van der Waals surface area contributed by atoms with Crippen molar-refractivity contribution in [1.82, 2.24) is 4.98 Å². The van der Waals surface area contributed by atoms with E-state index in [1.807, 2.05) is 0 Å². The molecule has 0 radical (unpaired) electrons. The van der Waals surface area contributed by atoms with Gasteiger partial charge in [0.25, 0.3) is 0 Å². The molecule has 0 aliphatic rings. The molecule has 4 nitrogen and oxygen atoms in total. The Hall–Kier alpha value is -2.61. The molecule has 1 aromatic carbocycles. The molecule has 0 atom stereocenters. The number of pyridine rings is 1. The van der Waals surface area contributed by atoms with Crippen LogP contribution in [0.15, 0.2) is 30.3 Å². The van der Waals surface area contributed by atoms with Crippen molar-refractivity contribution in [3.05, 3.63) is 47.4 Å². The molecule has 1 aromatic heterocycles. The van der Waals surface area contributed by atoms with Crippen LogP contribution >= 0.6 is 0 Å². The van der Waals surface area contributed by atoms with Crippen molar-refractivity contribution >= 4 is 5.69 Å². The van der Waals surface area contributed by atoms with Gasteiger partial charge in [0.2, 0.25) is 5.88 Å². The van der Waals surface area contributed by atoms with Gasteiger partial charge in [-0.3, -0.25) is 0 Å². The van der Waals surface area contributed by atoms with Crippen LogP contribution in [-0.2, 0) is 0 Å². The molecule has 2 N–H and O–H groups in total. The Bertz CT molecular complexity index is 635. The number of hydrogen-bond donors (Lipinski definition) is 1. The summed E-state index contributed by atoms with van der Waals surface area (Å²) in [7, 11) is 0. The van der Waals surface area contributed by atoms with Gasteiger partial charge >= 0.3 is 0 Å². The van der Waals surface area contributed by atoms with Gasteiger partial charge in [-0.05, 0) is 31.2 Å².